The molecule has 3 rings (SSSR count). The largest absolute Gasteiger partial charge is 0.399 e. The van der Waals surface area contributed by atoms with Gasteiger partial charge in [0, 0.05) is 25.2 Å². The molecular formula is C22H29F3N6O2S. The van der Waals surface area contributed by atoms with E-state index in [4.69, 9.17) is 5.73 Å². The monoisotopic (exact) mass is 498 g/mol. The van der Waals surface area contributed by atoms with Gasteiger partial charge in [-0.2, -0.15) is 13.2 Å². The van der Waals surface area contributed by atoms with E-state index < -0.39 is 29.6 Å². The SMILES string of the molecule is Cc1nc(NC(=O)N2CC[C@@H](CN(C)C)[C@H]2C(N)=O)sc1-c1ccnc(C(C)(C)C(F)(F)F)c1. The minimum Gasteiger partial charge on any atom is -0.368 e. The van der Waals surface area contributed by atoms with Crippen molar-refractivity contribution in [3.63, 3.8) is 0 Å². The fourth-order valence-electron chi connectivity index (χ4n) is 4.07. The summed E-state index contributed by atoms with van der Waals surface area (Å²) in [6.45, 7) is 4.88. The average molecular weight is 499 g/mol. The lowest BCUT2D eigenvalue weighted by atomic mass is 9.87. The van der Waals surface area contributed by atoms with Crippen molar-refractivity contribution in [3.8, 4) is 10.4 Å². The first-order valence-corrected chi connectivity index (χ1v) is 11.6. The Bertz CT molecular complexity index is 1070. The van der Waals surface area contributed by atoms with Crippen molar-refractivity contribution >= 4 is 28.4 Å². The maximum absolute atomic E-state index is 13.5. The van der Waals surface area contributed by atoms with Gasteiger partial charge in [-0.25, -0.2) is 9.78 Å². The third-order valence-corrected chi connectivity index (χ3v) is 7.18. The van der Waals surface area contributed by atoms with Crippen LogP contribution in [0.5, 0.6) is 0 Å². The lowest BCUT2D eigenvalue weighted by Gasteiger charge is -2.27. The molecule has 0 spiro atoms. The van der Waals surface area contributed by atoms with Gasteiger partial charge in [-0.3, -0.25) is 15.1 Å². The van der Waals surface area contributed by atoms with Crippen molar-refractivity contribution in [3.05, 3.63) is 29.7 Å². The van der Waals surface area contributed by atoms with E-state index in [0.717, 1.165) is 25.2 Å². The van der Waals surface area contributed by atoms with Crippen molar-refractivity contribution in [1.82, 2.24) is 19.8 Å². The number of nitrogens with zero attached hydrogens (tertiary/aromatic N) is 4. The molecule has 12 heteroatoms. The average Bonchev–Trinajstić information content (AvgIpc) is 3.30. The number of rotatable bonds is 6. The number of hydrogen-bond donors (Lipinski definition) is 2. The van der Waals surface area contributed by atoms with Crippen molar-refractivity contribution in [1.29, 1.82) is 0 Å². The van der Waals surface area contributed by atoms with Crippen LogP contribution in [-0.2, 0) is 10.2 Å². The molecule has 3 N–H and O–H groups in total. The number of nitrogens with two attached hydrogens (primary N) is 1. The fourth-order valence-corrected chi connectivity index (χ4v) is 5.02. The van der Waals surface area contributed by atoms with Crippen LogP contribution >= 0.6 is 11.3 Å². The molecule has 2 aromatic rings. The molecule has 2 atom stereocenters. The first-order chi connectivity index (χ1) is 15.7. The number of hydrogen-bond acceptors (Lipinski definition) is 6. The standard InChI is InChI=1S/C22H29F3N6O2S/c1-12-17(13-6-8-27-15(10-13)21(2,3)22(23,24)25)34-19(28-12)29-20(33)31-9-7-14(11-30(4)5)16(31)18(26)32/h6,8,10,14,16H,7,9,11H2,1-5H3,(H2,26,32)(H,28,29,33)/t14-,16-/m0/s1. The lowest BCUT2D eigenvalue weighted by Crippen LogP contribution is -2.49. The number of alkyl halides is 3. The van der Waals surface area contributed by atoms with Crippen LogP contribution in [0.1, 0.15) is 31.7 Å². The highest BCUT2D eigenvalue weighted by Gasteiger charge is 2.49. The molecule has 8 nitrogen and oxygen atoms in total. The Morgan fingerprint density at radius 3 is 2.59 bits per heavy atom. The van der Waals surface area contributed by atoms with E-state index in [-0.39, 0.29) is 16.7 Å². The Labute approximate surface area is 200 Å². The van der Waals surface area contributed by atoms with Gasteiger partial charge in [-0.15, -0.1) is 0 Å². The van der Waals surface area contributed by atoms with Gasteiger partial charge in [0.05, 0.1) is 16.3 Å². The molecule has 1 saturated heterocycles. The third kappa shape index (κ3) is 5.17. The van der Waals surface area contributed by atoms with Gasteiger partial charge in [-0.1, -0.05) is 11.3 Å². The van der Waals surface area contributed by atoms with Gasteiger partial charge in [0.1, 0.15) is 11.5 Å². The zero-order valence-electron chi connectivity index (χ0n) is 19.7. The molecule has 34 heavy (non-hydrogen) atoms. The van der Waals surface area contributed by atoms with Gasteiger partial charge in [0.2, 0.25) is 5.91 Å². The van der Waals surface area contributed by atoms with Crippen LogP contribution in [0.3, 0.4) is 0 Å². The van der Waals surface area contributed by atoms with Gasteiger partial charge < -0.3 is 15.5 Å². The molecule has 0 radical (unpaired) electrons. The molecule has 0 aliphatic carbocycles. The smallest absolute Gasteiger partial charge is 0.368 e. The molecule has 0 bridgehead atoms. The van der Waals surface area contributed by atoms with Crippen LogP contribution in [0.4, 0.5) is 23.1 Å². The van der Waals surface area contributed by atoms with Crippen LogP contribution in [0.15, 0.2) is 18.3 Å². The van der Waals surface area contributed by atoms with Crippen molar-refractivity contribution < 1.29 is 22.8 Å². The van der Waals surface area contributed by atoms with E-state index >= 15 is 0 Å². The molecule has 1 aliphatic rings. The number of thiazole rings is 1. The number of urea groups is 1. The number of nitrogens with one attached hydrogen (secondary N) is 1. The van der Waals surface area contributed by atoms with E-state index in [2.05, 4.69) is 15.3 Å². The molecule has 3 heterocycles. The Morgan fingerprint density at radius 2 is 2.00 bits per heavy atom. The molecule has 0 aromatic carbocycles. The summed E-state index contributed by atoms with van der Waals surface area (Å²) in [5.74, 6) is -0.633. The molecular weight excluding hydrogens is 469 g/mol. The van der Waals surface area contributed by atoms with Crippen molar-refractivity contribution in [2.75, 3.05) is 32.5 Å². The Hall–Kier alpha value is -2.73. The van der Waals surface area contributed by atoms with Crippen LogP contribution in [0, 0.1) is 12.8 Å². The summed E-state index contributed by atoms with van der Waals surface area (Å²) in [5.41, 5.74) is 4.44. The van der Waals surface area contributed by atoms with Crippen molar-refractivity contribution in [2.24, 2.45) is 11.7 Å². The number of primary amides is 1. The van der Waals surface area contributed by atoms with Crippen molar-refractivity contribution in [2.45, 2.75) is 44.8 Å². The van der Waals surface area contributed by atoms with E-state index in [1.165, 1.54) is 17.2 Å². The zero-order chi connectivity index (χ0) is 25.4. The quantitative estimate of drug-likeness (QED) is 0.633. The fraction of sp³-hybridized carbons (Fsp3) is 0.545. The van der Waals surface area contributed by atoms with E-state index in [9.17, 15) is 22.8 Å². The molecule has 2 aromatic heterocycles. The number of amides is 3. The molecule has 1 fully saturated rings. The number of aromatic nitrogens is 2. The molecule has 0 unspecified atom stereocenters. The van der Waals surface area contributed by atoms with Gasteiger partial charge >= 0.3 is 12.2 Å². The summed E-state index contributed by atoms with van der Waals surface area (Å²) in [4.78, 5) is 37.3. The summed E-state index contributed by atoms with van der Waals surface area (Å²) in [5, 5.41) is 3.00. The summed E-state index contributed by atoms with van der Waals surface area (Å²) in [7, 11) is 3.78. The predicted octanol–water partition coefficient (Wildman–Crippen LogP) is 3.62. The first-order valence-electron chi connectivity index (χ1n) is 10.7. The molecule has 3 amide bonds. The van der Waals surface area contributed by atoms with E-state index in [1.807, 2.05) is 19.0 Å². The number of aryl methyl sites for hydroxylation is 1. The van der Waals surface area contributed by atoms with Crippen LogP contribution < -0.4 is 11.1 Å². The molecule has 0 saturated carbocycles. The number of carbonyl (C=O) groups excluding carboxylic acids is 2. The van der Waals surface area contributed by atoms with Gasteiger partial charge in [-0.05, 0) is 59.0 Å². The molecule has 1 aliphatic heterocycles. The second-order valence-corrected chi connectivity index (χ2v) is 10.3. The normalized spacial score (nSPS) is 19.0. The minimum atomic E-state index is -4.46. The second-order valence-electron chi connectivity index (χ2n) is 9.27. The van der Waals surface area contributed by atoms with Crippen LogP contribution in [0.25, 0.3) is 10.4 Å². The summed E-state index contributed by atoms with van der Waals surface area (Å²) in [6.07, 6.45) is -2.48. The lowest BCUT2D eigenvalue weighted by molar-refractivity contribution is -0.181. The Kier molecular flexibility index (Phi) is 7.23. The summed E-state index contributed by atoms with van der Waals surface area (Å²) >= 11 is 1.14. The second kappa shape index (κ2) is 9.49. The molecule has 186 valence electrons. The van der Waals surface area contributed by atoms with Gasteiger partial charge in [0.15, 0.2) is 5.13 Å². The number of halogens is 3. The maximum atomic E-state index is 13.5. The van der Waals surface area contributed by atoms with Crippen LogP contribution in [0.2, 0.25) is 0 Å². The number of likely N-dealkylation sites (tertiary alicyclic amines) is 1. The maximum Gasteiger partial charge on any atom is 0.399 e. The highest BCUT2D eigenvalue weighted by Crippen LogP contribution is 2.41. The Morgan fingerprint density at radius 1 is 1.32 bits per heavy atom. The summed E-state index contributed by atoms with van der Waals surface area (Å²) in [6, 6.07) is 1.79. The first kappa shape index (κ1) is 25.9. The summed E-state index contributed by atoms with van der Waals surface area (Å²) < 4.78 is 40.4. The van der Waals surface area contributed by atoms with Crippen LogP contribution in [-0.4, -0.2) is 71.1 Å². The predicted molar refractivity (Wildman–Crippen MR) is 125 cm³/mol. The number of anilines is 1. The third-order valence-electron chi connectivity index (χ3n) is 6.06. The van der Waals surface area contributed by atoms with E-state index in [1.54, 1.807) is 13.0 Å². The zero-order valence-corrected chi connectivity index (χ0v) is 20.5. The number of pyridine rings is 1. The number of carbonyl (C=O) groups is 2. The minimum absolute atomic E-state index is 0.0703. The Balaban J connectivity index is 1.82. The van der Waals surface area contributed by atoms with Gasteiger partial charge in [0.25, 0.3) is 0 Å². The topological polar surface area (TPSA) is 104 Å². The highest BCUT2D eigenvalue weighted by molar-refractivity contribution is 7.19. The highest BCUT2D eigenvalue weighted by atomic mass is 32.1. The van der Waals surface area contributed by atoms with E-state index in [0.29, 0.717) is 35.6 Å².